The summed E-state index contributed by atoms with van der Waals surface area (Å²) in [5, 5.41) is 3.18. The van der Waals surface area contributed by atoms with E-state index in [-0.39, 0.29) is 18.7 Å². The van der Waals surface area contributed by atoms with Crippen LogP contribution in [0, 0.1) is 13.8 Å². The van der Waals surface area contributed by atoms with Crippen LogP contribution in [0.2, 0.25) is 0 Å². The number of piperazine rings is 1. The molecule has 2 aliphatic rings. The summed E-state index contributed by atoms with van der Waals surface area (Å²) in [6.45, 7) is 9.43. The highest BCUT2D eigenvalue weighted by Crippen LogP contribution is 2.33. The number of nitrogens with one attached hydrogen (secondary N) is 3. The average molecular weight is 398 g/mol. The maximum absolute atomic E-state index is 12.8. The third-order valence-corrected chi connectivity index (χ3v) is 6.27. The normalized spacial score (nSPS) is 21.6. The molecule has 2 aromatic carbocycles. The lowest BCUT2D eigenvalue weighted by Crippen LogP contribution is -3.27. The lowest BCUT2D eigenvalue weighted by Gasteiger charge is -2.33. The second kappa shape index (κ2) is 8.43. The van der Waals surface area contributed by atoms with Crippen molar-refractivity contribution in [3.63, 3.8) is 0 Å². The number of hydrogen-bond donors (Lipinski definition) is 3. The van der Waals surface area contributed by atoms with Gasteiger partial charge in [0.2, 0.25) is 6.79 Å². The van der Waals surface area contributed by atoms with Crippen LogP contribution in [-0.2, 0) is 0 Å². The third kappa shape index (κ3) is 4.38. The monoisotopic (exact) mass is 397 g/mol. The van der Waals surface area contributed by atoms with E-state index in [4.69, 9.17) is 9.47 Å². The molecule has 1 amide bonds. The van der Waals surface area contributed by atoms with Crippen LogP contribution in [0.5, 0.6) is 11.5 Å². The number of ether oxygens (including phenoxy) is 2. The number of likely N-dealkylation sites (N-methyl/N-ethyl adjacent to an activating group) is 1. The van der Waals surface area contributed by atoms with Gasteiger partial charge in [0.05, 0.1) is 13.6 Å². The molecule has 4 rings (SSSR count). The predicted molar refractivity (Wildman–Crippen MR) is 111 cm³/mol. The van der Waals surface area contributed by atoms with E-state index in [1.165, 1.54) is 16.0 Å². The SMILES string of the molecule is Cc1ccc(C(=O)NC[C@H](c2ccc3c(c2)OCO3)[NH+]2CC[NH+](C)CC2)cc1C. The summed E-state index contributed by atoms with van der Waals surface area (Å²) < 4.78 is 11.1. The Hall–Kier alpha value is -2.57. The van der Waals surface area contributed by atoms with Crippen LogP contribution in [0.25, 0.3) is 0 Å². The highest BCUT2D eigenvalue weighted by atomic mass is 16.7. The van der Waals surface area contributed by atoms with E-state index in [1.54, 1.807) is 4.90 Å². The van der Waals surface area contributed by atoms with Crippen molar-refractivity contribution in [1.29, 1.82) is 0 Å². The van der Waals surface area contributed by atoms with Crippen molar-refractivity contribution in [2.75, 3.05) is 46.6 Å². The third-order valence-electron chi connectivity index (χ3n) is 6.27. The maximum atomic E-state index is 12.8. The topological polar surface area (TPSA) is 56.4 Å². The minimum absolute atomic E-state index is 0.0157. The molecule has 0 spiro atoms. The van der Waals surface area contributed by atoms with Crippen LogP contribution in [0.1, 0.15) is 33.1 Å². The molecular weight excluding hydrogens is 366 g/mol. The Morgan fingerprint density at radius 1 is 1.00 bits per heavy atom. The Labute approximate surface area is 172 Å². The van der Waals surface area contributed by atoms with Gasteiger partial charge in [-0.15, -0.1) is 0 Å². The average Bonchev–Trinajstić information content (AvgIpc) is 3.19. The fourth-order valence-corrected chi connectivity index (χ4v) is 4.15. The van der Waals surface area contributed by atoms with Crippen LogP contribution in [0.15, 0.2) is 36.4 Å². The first-order valence-corrected chi connectivity index (χ1v) is 10.4. The molecule has 6 heteroatoms. The Balaban J connectivity index is 1.52. The van der Waals surface area contributed by atoms with Gasteiger partial charge in [0, 0.05) is 11.1 Å². The number of carbonyl (C=O) groups is 1. The molecule has 6 nitrogen and oxygen atoms in total. The van der Waals surface area contributed by atoms with Crippen molar-refractivity contribution in [2.45, 2.75) is 19.9 Å². The van der Waals surface area contributed by atoms with E-state index < -0.39 is 0 Å². The molecule has 2 heterocycles. The number of aryl methyl sites for hydroxylation is 2. The zero-order valence-electron chi connectivity index (χ0n) is 17.5. The first-order valence-electron chi connectivity index (χ1n) is 10.4. The van der Waals surface area contributed by atoms with Gasteiger partial charge in [0.15, 0.2) is 11.5 Å². The molecule has 154 valence electrons. The Morgan fingerprint density at radius 3 is 2.52 bits per heavy atom. The van der Waals surface area contributed by atoms with Gasteiger partial charge in [0.25, 0.3) is 5.91 Å². The molecule has 1 atom stereocenters. The number of benzene rings is 2. The maximum Gasteiger partial charge on any atom is 0.251 e. The molecule has 1 saturated heterocycles. The van der Waals surface area contributed by atoms with Gasteiger partial charge in [-0.1, -0.05) is 6.07 Å². The van der Waals surface area contributed by atoms with Gasteiger partial charge in [-0.05, 0) is 55.3 Å². The number of carbonyl (C=O) groups excluding carboxylic acids is 1. The van der Waals surface area contributed by atoms with Crippen LogP contribution in [0.4, 0.5) is 0 Å². The summed E-state index contributed by atoms with van der Waals surface area (Å²) in [5.41, 5.74) is 4.24. The smallest absolute Gasteiger partial charge is 0.251 e. The highest BCUT2D eigenvalue weighted by molar-refractivity contribution is 5.94. The van der Waals surface area contributed by atoms with E-state index in [0.717, 1.165) is 48.8 Å². The standard InChI is InChI=1S/C23H29N3O3/c1-16-4-5-19(12-17(16)2)23(27)24-14-20(26-10-8-25(3)9-11-26)18-6-7-21-22(13-18)29-15-28-21/h4-7,12-13,20H,8-11,14-15H2,1-3H3,(H,24,27)/p+2/t20-/m1/s1. The van der Waals surface area contributed by atoms with E-state index in [1.807, 2.05) is 31.2 Å². The van der Waals surface area contributed by atoms with E-state index in [9.17, 15) is 4.79 Å². The summed E-state index contributed by atoms with van der Waals surface area (Å²) >= 11 is 0. The number of fused-ring (bicyclic) bond motifs is 1. The van der Waals surface area contributed by atoms with Gasteiger partial charge in [-0.3, -0.25) is 4.79 Å². The van der Waals surface area contributed by atoms with Gasteiger partial charge >= 0.3 is 0 Å². The largest absolute Gasteiger partial charge is 0.454 e. The van der Waals surface area contributed by atoms with Crippen molar-refractivity contribution < 1.29 is 24.1 Å². The summed E-state index contributed by atoms with van der Waals surface area (Å²) in [5.74, 6) is 1.58. The van der Waals surface area contributed by atoms with Crippen LogP contribution < -0.4 is 24.6 Å². The molecule has 2 aromatic rings. The molecule has 0 bridgehead atoms. The van der Waals surface area contributed by atoms with Gasteiger partial charge < -0.3 is 24.6 Å². The molecular formula is C23H31N3O3+2. The highest BCUT2D eigenvalue weighted by Gasteiger charge is 2.31. The van der Waals surface area contributed by atoms with Crippen LogP contribution in [-0.4, -0.2) is 52.5 Å². The zero-order chi connectivity index (χ0) is 20.4. The number of rotatable bonds is 5. The number of quaternary nitrogens is 2. The lowest BCUT2D eigenvalue weighted by molar-refractivity contribution is -1.02. The Bertz CT molecular complexity index is 891. The molecule has 1 fully saturated rings. The molecule has 0 aliphatic carbocycles. The second-order valence-electron chi connectivity index (χ2n) is 8.29. The minimum Gasteiger partial charge on any atom is -0.454 e. The minimum atomic E-state index is -0.0157. The molecule has 2 aliphatic heterocycles. The fraction of sp³-hybridized carbons (Fsp3) is 0.435. The van der Waals surface area contributed by atoms with E-state index in [0.29, 0.717) is 6.54 Å². The van der Waals surface area contributed by atoms with Crippen molar-refractivity contribution in [2.24, 2.45) is 0 Å². The molecule has 29 heavy (non-hydrogen) atoms. The summed E-state index contributed by atoms with van der Waals surface area (Å²) in [6, 6.07) is 12.2. The predicted octanol–water partition coefficient (Wildman–Crippen LogP) is -0.0836. The number of hydrogen-bond acceptors (Lipinski definition) is 3. The van der Waals surface area contributed by atoms with Crippen molar-refractivity contribution in [3.8, 4) is 11.5 Å². The van der Waals surface area contributed by atoms with E-state index in [2.05, 4.69) is 31.4 Å². The molecule has 3 N–H and O–H groups in total. The van der Waals surface area contributed by atoms with Gasteiger partial charge in [-0.25, -0.2) is 0 Å². The Kier molecular flexibility index (Phi) is 5.74. The quantitative estimate of drug-likeness (QED) is 0.662. The fourth-order valence-electron chi connectivity index (χ4n) is 4.15. The van der Waals surface area contributed by atoms with Crippen LogP contribution in [0.3, 0.4) is 0 Å². The lowest BCUT2D eigenvalue weighted by atomic mass is 10.0. The molecule has 0 radical (unpaired) electrons. The molecule has 0 saturated carbocycles. The molecule has 0 aromatic heterocycles. The van der Waals surface area contributed by atoms with Crippen molar-refractivity contribution >= 4 is 5.91 Å². The van der Waals surface area contributed by atoms with E-state index >= 15 is 0 Å². The molecule has 0 unspecified atom stereocenters. The first-order chi connectivity index (χ1) is 14.0. The number of amides is 1. The summed E-state index contributed by atoms with van der Waals surface area (Å²) in [4.78, 5) is 15.9. The second-order valence-corrected chi connectivity index (χ2v) is 8.29. The van der Waals surface area contributed by atoms with Crippen molar-refractivity contribution in [3.05, 3.63) is 58.7 Å². The van der Waals surface area contributed by atoms with Crippen molar-refractivity contribution in [1.82, 2.24) is 5.32 Å². The van der Waals surface area contributed by atoms with Crippen LogP contribution >= 0.6 is 0 Å². The summed E-state index contributed by atoms with van der Waals surface area (Å²) in [6.07, 6.45) is 0. The Morgan fingerprint density at radius 2 is 1.76 bits per heavy atom. The zero-order valence-corrected chi connectivity index (χ0v) is 17.5. The first kappa shape index (κ1) is 19.7. The van der Waals surface area contributed by atoms with Gasteiger partial charge in [-0.2, -0.15) is 0 Å². The summed E-state index contributed by atoms with van der Waals surface area (Å²) in [7, 11) is 2.24. The van der Waals surface area contributed by atoms with Gasteiger partial charge in [0.1, 0.15) is 32.2 Å².